The number of nitrogens with zero attached hydrogens (tertiary/aromatic N) is 1. The third kappa shape index (κ3) is 2.04. The molecule has 1 unspecified atom stereocenters. The van der Waals surface area contributed by atoms with Gasteiger partial charge in [0.15, 0.2) is 0 Å². The van der Waals surface area contributed by atoms with Crippen LogP contribution < -0.4 is 5.73 Å². The highest BCUT2D eigenvalue weighted by atomic mass is 32.2. The van der Waals surface area contributed by atoms with E-state index in [1.54, 1.807) is 11.8 Å². The number of carboxylic acids is 1. The average molecular weight is 244 g/mol. The van der Waals surface area contributed by atoms with Crippen LogP contribution in [0.25, 0.3) is 0 Å². The Morgan fingerprint density at radius 2 is 2.19 bits per heavy atom. The van der Waals surface area contributed by atoms with E-state index < -0.39 is 18.1 Å². The lowest BCUT2D eigenvalue weighted by atomic mass is 10.0. The minimum atomic E-state index is -0.909. The molecule has 2 fully saturated rings. The SMILES string of the molecule is N[C@H]1CCS[C@@H]2CCCC(C(=O)O)N2C1=O. The monoisotopic (exact) mass is 244 g/mol. The number of rotatable bonds is 1. The lowest BCUT2D eigenvalue weighted by Crippen LogP contribution is -2.55. The first-order valence-electron chi connectivity index (χ1n) is 5.53. The van der Waals surface area contributed by atoms with Gasteiger partial charge in [0.25, 0.3) is 0 Å². The molecule has 5 nitrogen and oxygen atoms in total. The quantitative estimate of drug-likeness (QED) is 0.690. The van der Waals surface area contributed by atoms with Crippen molar-refractivity contribution >= 4 is 23.6 Å². The first kappa shape index (κ1) is 11.7. The average Bonchev–Trinajstić information content (AvgIpc) is 2.40. The van der Waals surface area contributed by atoms with Crippen LogP contribution in [0.1, 0.15) is 25.7 Å². The zero-order chi connectivity index (χ0) is 11.7. The number of carbonyl (C=O) groups is 2. The fourth-order valence-electron chi connectivity index (χ4n) is 2.31. The van der Waals surface area contributed by atoms with Gasteiger partial charge in [0.2, 0.25) is 5.91 Å². The van der Waals surface area contributed by atoms with Gasteiger partial charge in [-0.05, 0) is 31.4 Å². The number of piperidine rings is 1. The van der Waals surface area contributed by atoms with E-state index >= 15 is 0 Å². The molecule has 3 atom stereocenters. The Balaban J connectivity index is 2.25. The molecule has 2 heterocycles. The Kier molecular flexibility index (Phi) is 3.39. The van der Waals surface area contributed by atoms with E-state index in [9.17, 15) is 9.59 Å². The second-order valence-corrected chi connectivity index (χ2v) is 5.54. The molecule has 6 heteroatoms. The van der Waals surface area contributed by atoms with Crippen molar-refractivity contribution < 1.29 is 14.7 Å². The number of carbonyl (C=O) groups excluding carboxylic acids is 1. The smallest absolute Gasteiger partial charge is 0.326 e. The number of carboxylic acid groups (broad SMARTS) is 1. The lowest BCUT2D eigenvalue weighted by molar-refractivity contribution is -0.153. The molecule has 0 aromatic heterocycles. The first-order chi connectivity index (χ1) is 7.61. The summed E-state index contributed by atoms with van der Waals surface area (Å²) in [4.78, 5) is 24.7. The molecule has 2 aliphatic heterocycles. The number of thioether (sulfide) groups is 1. The highest BCUT2D eigenvalue weighted by Gasteiger charge is 2.41. The van der Waals surface area contributed by atoms with Gasteiger partial charge >= 0.3 is 5.97 Å². The molecule has 1 amide bonds. The van der Waals surface area contributed by atoms with Gasteiger partial charge in [-0.2, -0.15) is 0 Å². The number of fused-ring (bicyclic) bond motifs is 1. The lowest BCUT2D eigenvalue weighted by Gasteiger charge is -2.39. The summed E-state index contributed by atoms with van der Waals surface area (Å²) in [5.41, 5.74) is 5.75. The van der Waals surface area contributed by atoms with E-state index in [-0.39, 0.29) is 11.3 Å². The summed E-state index contributed by atoms with van der Waals surface area (Å²) in [5, 5.41) is 9.14. The third-order valence-corrected chi connectivity index (χ3v) is 4.49. The largest absolute Gasteiger partial charge is 0.480 e. The van der Waals surface area contributed by atoms with Gasteiger partial charge in [-0.15, -0.1) is 11.8 Å². The standard InChI is InChI=1S/C10H16N2O3S/c11-6-4-5-16-8-3-1-2-7(10(14)15)12(8)9(6)13/h6-8H,1-5,11H2,(H,14,15)/t6-,7?,8+/m0/s1. The van der Waals surface area contributed by atoms with Crippen molar-refractivity contribution in [3.05, 3.63) is 0 Å². The van der Waals surface area contributed by atoms with Crippen molar-refractivity contribution in [1.82, 2.24) is 4.90 Å². The van der Waals surface area contributed by atoms with Crippen LogP contribution >= 0.6 is 11.8 Å². The minimum absolute atomic E-state index is 0.0101. The fourth-order valence-corrected chi connectivity index (χ4v) is 3.72. The van der Waals surface area contributed by atoms with Crippen LogP contribution in [0, 0.1) is 0 Å². The highest BCUT2D eigenvalue weighted by Crippen LogP contribution is 2.33. The van der Waals surface area contributed by atoms with E-state index in [2.05, 4.69) is 0 Å². The summed E-state index contributed by atoms with van der Waals surface area (Å²) < 4.78 is 0. The maximum atomic E-state index is 12.0. The molecule has 2 rings (SSSR count). The van der Waals surface area contributed by atoms with Crippen molar-refractivity contribution in [1.29, 1.82) is 0 Å². The number of nitrogens with two attached hydrogens (primary N) is 1. The van der Waals surface area contributed by atoms with Gasteiger partial charge in [-0.3, -0.25) is 4.79 Å². The molecule has 0 bridgehead atoms. The van der Waals surface area contributed by atoms with Crippen molar-refractivity contribution in [2.24, 2.45) is 5.73 Å². The Labute approximate surface area is 98.4 Å². The Morgan fingerprint density at radius 1 is 1.44 bits per heavy atom. The van der Waals surface area contributed by atoms with Crippen LogP contribution in [0.2, 0.25) is 0 Å². The summed E-state index contributed by atoms with van der Waals surface area (Å²) in [5.74, 6) is -0.268. The molecular formula is C10H16N2O3S. The summed E-state index contributed by atoms with van der Waals surface area (Å²) in [6.45, 7) is 0. The van der Waals surface area contributed by atoms with Gasteiger partial charge in [0.05, 0.1) is 11.4 Å². The van der Waals surface area contributed by atoms with E-state index in [1.807, 2.05) is 0 Å². The van der Waals surface area contributed by atoms with E-state index in [0.717, 1.165) is 18.6 Å². The Morgan fingerprint density at radius 3 is 2.88 bits per heavy atom. The van der Waals surface area contributed by atoms with Crippen LogP contribution in [0.3, 0.4) is 0 Å². The van der Waals surface area contributed by atoms with E-state index in [0.29, 0.717) is 12.8 Å². The molecule has 0 spiro atoms. The van der Waals surface area contributed by atoms with Crippen LogP contribution in [0.4, 0.5) is 0 Å². The molecule has 0 radical (unpaired) electrons. The molecule has 0 aromatic carbocycles. The van der Waals surface area contributed by atoms with Crippen LogP contribution in [0.15, 0.2) is 0 Å². The molecule has 0 aromatic rings. The molecule has 90 valence electrons. The number of hydrogen-bond donors (Lipinski definition) is 2. The summed E-state index contributed by atoms with van der Waals surface area (Å²) in [6, 6.07) is -1.21. The molecule has 2 aliphatic rings. The second-order valence-electron chi connectivity index (χ2n) is 4.25. The van der Waals surface area contributed by atoms with Gasteiger partial charge in [-0.25, -0.2) is 4.79 Å². The van der Waals surface area contributed by atoms with E-state index in [4.69, 9.17) is 10.8 Å². The molecule has 16 heavy (non-hydrogen) atoms. The number of amides is 1. The summed E-state index contributed by atoms with van der Waals surface area (Å²) in [7, 11) is 0. The first-order valence-corrected chi connectivity index (χ1v) is 6.58. The highest BCUT2D eigenvalue weighted by molar-refractivity contribution is 7.99. The summed E-state index contributed by atoms with van der Waals surface area (Å²) >= 11 is 1.66. The van der Waals surface area contributed by atoms with E-state index in [1.165, 1.54) is 4.90 Å². The molecule has 0 aliphatic carbocycles. The molecule has 2 saturated heterocycles. The topological polar surface area (TPSA) is 83.6 Å². The maximum absolute atomic E-state index is 12.0. The predicted octanol–water partition coefficient (Wildman–Crippen LogP) is 0.242. The van der Waals surface area contributed by atoms with Crippen LogP contribution in [-0.2, 0) is 9.59 Å². The molecule has 0 saturated carbocycles. The number of aliphatic carboxylic acids is 1. The molecule has 3 N–H and O–H groups in total. The van der Waals surface area contributed by atoms with Crippen molar-refractivity contribution in [3.63, 3.8) is 0 Å². The van der Waals surface area contributed by atoms with Gasteiger partial charge < -0.3 is 15.7 Å². The number of hydrogen-bond acceptors (Lipinski definition) is 4. The molecular weight excluding hydrogens is 228 g/mol. The van der Waals surface area contributed by atoms with Gasteiger partial charge in [-0.1, -0.05) is 0 Å². The minimum Gasteiger partial charge on any atom is -0.480 e. The Bertz CT molecular complexity index is 310. The van der Waals surface area contributed by atoms with Crippen molar-refractivity contribution in [2.75, 3.05) is 5.75 Å². The normalized spacial score (nSPS) is 35.4. The zero-order valence-electron chi connectivity index (χ0n) is 8.96. The third-order valence-electron chi connectivity index (χ3n) is 3.17. The van der Waals surface area contributed by atoms with Crippen molar-refractivity contribution in [3.8, 4) is 0 Å². The van der Waals surface area contributed by atoms with Crippen LogP contribution in [0.5, 0.6) is 0 Å². The van der Waals surface area contributed by atoms with Crippen molar-refractivity contribution in [2.45, 2.75) is 43.1 Å². The Hall–Kier alpha value is -0.750. The van der Waals surface area contributed by atoms with Crippen LogP contribution in [-0.4, -0.2) is 45.1 Å². The summed E-state index contributed by atoms with van der Waals surface area (Å²) in [6.07, 6.45) is 2.94. The maximum Gasteiger partial charge on any atom is 0.326 e. The zero-order valence-corrected chi connectivity index (χ0v) is 9.78. The fraction of sp³-hybridized carbons (Fsp3) is 0.800. The predicted molar refractivity (Wildman–Crippen MR) is 61.0 cm³/mol. The van der Waals surface area contributed by atoms with Gasteiger partial charge in [0.1, 0.15) is 6.04 Å². The van der Waals surface area contributed by atoms with Gasteiger partial charge in [0, 0.05) is 0 Å². The second kappa shape index (κ2) is 4.63.